The molecule has 0 aromatic heterocycles. The van der Waals surface area contributed by atoms with Gasteiger partial charge in [-0.05, 0) is 24.6 Å². The zero-order chi connectivity index (χ0) is 9.26. The second-order valence-electron chi connectivity index (χ2n) is 3.28. The molecule has 1 aliphatic rings. The van der Waals surface area contributed by atoms with Gasteiger partial charge in [0, 0.05) is 27.4 Å². The summed E-state index contributed by atoms with van der Waals surface area (Å²) >= 11 is 7.84. The van der Waals surface area contributed by atoms with Crippen molar-refractivity contribution < 1.29 is 0 Å². The number of hydrogen-bond acceptors (Lipinski definition) is 2. The second-order valence-corrected chi connectivity index (χ2v) is 5.20. The number of rotatable bonds is 0. The Hall–Kier alpha value is -0.340. The molecular weight excluding hydrogens is 202 g/mol. The summed E-state index contributed by atoms with van der Waals surface area (Å²) in [6.45, 7) is 3.30. The van der Waals surface area contributed by atoms with Crippen LogP contribution in [0.3, 0.4) is 0 Å². The highest BCUT2D eigenvalue weighted by molar-refractivity contribution is 8.00. The summed E-state index contributed by atoms with van der Waals surface area (Å²) in [6.07, 6.45) is 1.21. The highest BCUT2D eigenvalue weighted by Crippen LogP contribution is 2.35. The van der Waals surface area contributed by atoms with Gasteiger partial charge in [-0.3, -0.25) is 0 Å². The van der Waals surface area contributed by atoms with Crippen LogP contribution in [0.15, 0.2) is 23.1 Å². The van der Waals surface area contributed by atoms with Gasteiger partial charge in [0.2, 0.25) is 0 Å². The van der Waals surface area contributed by atoms with Gasteiger partial charge in [0.25, 0.3) is 0 Å². The third-order valence-electron chi connectivity index (χ3n) is 2.14. The number of halogens is 1. The molecule has 0 aliphatic carbocycles. The fraction of sp³-hybridized carbons (Fsp3) is 0.400. The predicted octanol–water partition coefficient (Wildman–Crippen LogP) is 3.64. The Labute approximate surface area is 87.9 Å². The smallest absolute Gasteiger partial charge is 0.0493 e. The van der Waals surface area contributed by atoms with Gasteiger partial charge in [0.1, 0.15) is 0 Å². The molecule has 0 fully saturated rings. The number of benzene rings is 1. The van der Waals surface area contributed by atoms with Crippen LogP contribution >= 0.6 is 23.4 Å². The van der Waals surface area contributed by atoms with Crippen LogP contribution in [-0.4, -0.2) is 11.8 Å². The molecule has 0 amide bonds. The van der Waals surface area contributed by atoms with Crippen molar-refractivity contribution in [2.24, 2.45) is 0 Å². The van der Waals surface area contributed by atoms with Crippen molar-refractivity contribution in [3.05, 3.63) is 23.2 Å². The van der Waals surface area contributed by atoms with Crippen LogP contribution in [0.1, 0.15) is 13.3 Å². The molecule has 0 saturated heterocycles. The first-order valence-corrected chi connectivity index (χ1v) is 5.71. The molecule has 1 unspecified atom stereocenters. The standard InChI is InChI=1S/C10H12ClNS/c1-7-4-5-12-9-6-8(11)2-3-10(9)13-7/h2-3,6-7,12H,4-5H2,1H3. The number of anilines is 1. The maximum Gasteiger partial charge on any atom is 0.0493 e. The van der Waals surface area contributed by atoms with Crippen LogP contribution in [0.5, 0.6) is 0 Å². The fourth-order valence-corrected chi connectivity index (χ4v) is 2.67. The van der Waals surface area contributed by atoms with Crippen LogP contribution in [0.25, 0.3) is 0 Å². The molecule has 1 aromatic carbocycles. The van der Waals surface area contributed by atoms with Crippen molar-refractivity contribution in [1.29, 1.82) is 0 Å². The molecule has 1 N–H and O–H groups in total. The van der Waals surface area contributed by atoms with E-state index in [1.165, 1.54) is 17.0 Å². The summed E-state index contributed by atoms with van der Waals surface area (Å²) in [5.41, 5.74) is 1.18. The highest BCUT2D eigenvalue weighted by atomic mass is 35.5. The van der Waals surface area contributed by atoms with Crippen molar-refractivity contribution >= 4 is 29.1 Å². The minimum absolute atomic E-state index is 0.690. The fourth-order valence-electron chi connectivity index (χ4n) is 1.43. The van der Waals surface area contributed by atoms with Crippen molar-refractivity contribution in [1.82, 2.24) is 0 Å². The van der Waals surface area contributed by atoms with Crippen LogP contribution < -0.4 is 5.32 Å². The zero-order valence-corrected chi connectivity index (χ0v) is 9.08. The van der Waals surface area contributed by atoms with E-state index in [0.717, 1.165) is 11.6 Å². The van der Waals surface area contributed by atoms with E-state index in [4.69, 9.17) is 11.6 Å². The van der Waals surface area contributed by atoms with Gasteiger partial charge >= 0.3 is 0 Å². The quantitative estimate of drug-likeness (QED) is 0.706. The van der Waals surface area contributed by atoms with Crippen molar-refractivity contribution in [2.45, 2.75) is 23.5 Å². The lowest BCUT2D eigenvalue weighted by molar-refractivity contribution is 0.860. The van der Waals surface area contributed by atoms with E-state index in [9.17, 15) is 0 Å². The van der Waals surface area contributed by atoms with Crippen molar-refractivity contribution in [3.63, 3.8) is 0 Å². The topological polar surface area (TPSA) is 12.0 Å². The number of fused-ring (bicyclic) bond motifs is 1. The maximum absolute atomic E-state index is 5.92. The average molecular weight is 214 g/mol. The third kappa shape index (κ3) is 2.12. The summed E-state index contributed by atoms with van der Waals surface area (Å²) in [5.74, 6) is 0. The Morgan fingerprint density at radius 1 is 1.54 bits per heavy atom. The van der Waals surface area contributed by atoms with Gasteiger partial charge in [-0.15, -0.1) is 11.8 Å². The normalized spacial score (nSPS) is 21.5. The SMILES string of the molecule is CC1CCNc2cc(Cl)ccc2S1. The van der Waals surface area contributed by atoms with Gasteiger partial charge in [-0.1, -0.05) is 18.5 Å². The number of hydrogen-bond donors (Lipinski definition) is 1. The van der Waals surface area contributed by atoms with E-state index in [1.807, 2.05) is 23.9 Å². The minimum atomic E-state index is 0.690. The lowest BCUT2D eigenvalue weighted by Gasteiger charge is -2.07. The van der Waals surface area contributed by atoms with E-state index in [2.05, 4.69) is 18.3 Å². The molecular formula is C10H12ClNS. The molecule has 0 saturated carbocycles. The maximum atomic E-state index is 5.92. The minimum Gasteiger partial charge on any atom is -0.384 e. The van der Waals surface area contributed by atoms with Crippen LogP contribution in [0.4, 0.5) is 5.69 Å². The molecule has 70 valence electrons. The summed E-state index contributed by atoms with van der Waals surface area (Å²) < 4.78 is 0. The first kappa shape index (κ1) is 9.22. The largest absolute Gasteiger partial charge is 0.384 e. The summed E-state index contributed by atoms with van der Waals surface area (Å²) in [7, 11) is 0. The van der Waals surface area contributed by atoms with E-state index < -0.39 is 0 Å². The molecule has 0 spiro atoms. The molecule has 1 atom stereocenters. The van der Waals surface area contributed by atoms with E-state index >= 15 is 0 Å². The molecule has 13 heavy (non-hydrogen) atoms. The van der Waals surface area contributed by atoms with Gasteiger partial charge in [-0.25, -0.2) is 0 Å². The first-order valence-electron chi connectivity index (χ1n) is 4.46. The highest BCUT2D eigenvalue weighted by Gasteiger charge is 2.12. The van der Waals surface area contributed by atoms with Gasteiger partial charge < -0.3 is 5.32 Å². The molecule has 1 aliphatic heterocycles. The molecule has 0 radical (unpaired) electrons. The summed E-state index contributed by atoms with van der Waals surface area (Å²) in [6, 6.07) is 6.05. The number of nitrogens with one attached hydrogen (secondary N) is 1. The van der Waals surface area contributed by atoms with E-state index in [0.29, 0.717) is 5.25 Å². The Bertz CT molecular complexity index is 314. The first-order chi connectivity index (χ1) is 6.25. The molecule has 1 nitrogen and oxygen atoms in total. The Morgan fingerprint density at radius 2 is 2.38 bits per heavy atom. The Balaban J connectivity index is 2.34. The van der Waals surface area contributed by atoms with E-state index in [-0.39, 0.29) is 0 Å². The summed E-state index contributed by atoms with van der Waals surface area (Å²) in [4.78, 5) is 1.31. The molecule has 3 heteroatoms. The molecule has 1 heterocycles. The van der Waals surface area contributed by atoms with E-state index in [1.54, 1.807) is 0 Å². The predicted molar refractivity (Wildman–Crippen MR) is 59.9 cm³/mol. The molecule has 1 aromatic rings. The lowest BCUT2D eigenvalue weighted by Crippen LogP contribution is -2.03. The Morgan fingerprint density at radius 3 is 3.23 bits per heavy atom. The molecule has 0 bridgehead atoms. The summed E-state index contributed by atoms with van der Waals surface area (Å²) in [5, 5.41) is 4.89. The number of thioether (sulfide) groups is 1. The molecule has 2 rings (SSSR count). The van der Waals surface area contributed by atoms with Crippen LogP contribution in [0, 0.1) is 0 Å². The zero-order valence-electron chi connectivity index (χ0n) is 7.51. The van der Waals surface area contributed by atoms with Crippen LogP contribution in [-0.2, 0) is 0 Å². The van der Waals surface area contributed by atoms with Gasteiger partial charge in [-0.2, -0.15) is 0 Å². The van der Waals surface area contributed by atoms with Crippen molar-refractivity contribution in [3.8, 4) is 0 Å². The van der Waals surface area contributed by atoms with Gasteiger partial charge in [0.15, 0.2) is 0 Å². The second kappa shape index (κ2) is 3.81. The lowest BCUT2D eigenvalue weighted by atomic mass is 10.3. The third-order valence-corrected chi connectivity index (χ3v) is 3.62. The monoisotopic (exact) mass is 213 g/mol. The van der Waals surface area contributed by atoms with Crippen molar-refractivity contribution in [2.75, 3.05) is 11.9 Å². The Kier molecular flexibility index (Phi) is 2.70. The average Bonchev–Trinajstić information content (AvgIpc) is 2.25. The van der Waals surface area contributed by atoms with Gasteiger partial charge in [0.05, 0.1) is 0 Å². The van der Waals surface area contributed by atoms with Crippen LogP contribution in [0.2, 0.25) is 5.02 Å².